The number of nitrogens with one attached hydrogen (secondary N) is 1. The summed E-state index contributed by atoms with van der Waals surface area (Å²) in [5, 5.41) is 2.87. The Morgan fingerprint density at radius 1 is 1.08 bits per heavy atom. The minimum absolute atomic E-state index is 0.190. The Morgan fingerprint density at radius 2 is 1.76 bits per heavy atom. The molecule has 4 heteroatoms. The number of para-hydroxylation sites is 1. The van der Waals surface area contributed by atoms with Crippen LogP contribution in [0.5, 0.6) is 0 Å². The normalized spacial score (nSPS) is 10.7. The molecule has 2 rings (SSSR count). The van der Waals surface area contributed by atoms with Gasteiger partial charge in [0.05, 0.1) is 0 Å². The van der Waals surface area contributed by atoms with E-state index in [9.17, 15) is 9.59 Å². The minimum atomic E-state index is -0.312. The van der Waals surface area contributed by atoms with Gasteiger partial charge in [-0.15, -0.1) is 0 Å². The molecule has 0 aliphatic heterocycles. The molecule has 0 saturated heterocycles. The zero-order valence-electron chi connectivity index (χ0n) is 15.5. The van der Waals surface area contributed by atoms with Crippen LogP contribution in [-0.2, 0) is 13.0 Å². The Hall–Kier alpha value is -2.36. The molecule has 1 amide bonds. The minimum Gasteiger partial charge on any atom is -0.348 e. The van der Waals surface area contributed by atoms with Crippen molar-refractivity contribution in [1.82, 2.24) is 4.57 Å². The molecule has 0 radical (unpaired) electrons. The van der Waals surface area contributed by atoms with Crippen molar-refractivity contribution >= 4 is 11.6 Å². The molecular formula is C21H28N2O2. The summed E-state index contributed by atoms with van der Waals surface area (Å²) in [6, 6.07) is 10.9. The molecule has 0 fully saturated rings. The van der Waals surface area contributed by atoms with Gasteiger partial charge in [0.2, 0.25) is 0 Å². The predicted molar refractivity (Wildman–Crippen MR) is 103 cm³/mol. The summed E-state index contributed by atoms with van der Waals surface area (Å²) in [7, 11) is 0. The van der Waals surface area contributed by atoms with Crippen LogP contribution in [0.15, 0.2) is 41.2 Å². The molecule has 0 spiro atoms. The maximum atomic E-state index is 12.8. The maximum absolute atomic E-state index is 12.8. The molecule has 0 unspecified atom stereocenters. The molecule has 1 aromatic carbocycles. The first kappa shape index (κ1) is 19.0. The van der Waals surface area contributed by atoms with E-state index in [-0.39, 0.29) is 11.3 Å². The smallest absolute Gasteiger partial charge is 0.261 e. The first-order valence-corrected chi connectivity index (χ1v) is 9.18. The van der Waals surface area contributed by atoms with Crippen molar-refractivity contribution < 1.29 is 4.79 Å². The summed E-state index contributed by atoms with van der Waals surface area (Å²) in [5.41, 5.74) is 2.60. The number of hydrogen-bond donors (Lipinski definition) is 1. The van der Waals surface area contributed by atoms with Gasteiger partial charge in [-0.3, -0.25) is 9.59 Å². The Morgan fingerprint density at radius 3 is 2.40 bits per heavy atom. The summed E-state index contributed by atoms with van der Waals surface area (Å²) >= 11 is 0. The van der Waals surface area contributed by atoms with Gasteiger partial charge in [0.25, 0.3) is 5.91 Å². The SMILES string of the molecule is CCCCc1c(C(=O)Nc2ccccc2)c(=O)cc(C)n1CCCC. The number of aromatic nitrogens is 1. The molecule has 25 heavy (non-hydrogen) atoms. The van der Waals surface area contributed by atoms with Crippen molar-refractivity contribution in [2.75, 3.05) is 5.32 Å². The summed E-state index contributed by atoms with van der Waals surface area (Å²) < 4.78 is 2.15. The fraction of sp³-hybridized carbons (Fsp3) is 0.429. The van der Waals surface area contributed by atoms with E-state index in [2.05, 4.69) is 23.7 Å². The van der Waals surface area contributed by atoms with E-state index in [1.165, 1.54) is 0 Å². The number of aryl methyl sites for hydroxylation is 1. The van der Waals surface area contributed by atoms with Crippen molar-refractivity contribution in [2.24, 2.45) is 0 Å². The number of benzene rings is 1. The van der Waals surface area contributed by atoms with Gasteiger partial charge in [-0.05, 0) is 38.3 Å². The first-order valence-electron chi connectivity index (χ1n) is 9.18. The Kier molecular flexibility index (Phi) is 6.99. The number of carbonyl (C=O) groups is 1. The van der Waals surface area contributed by atoms with E-state index in [1.807, 2.05) is 37.3 Å². The van der Waals surface area contributed by atoms with Crippen LogP contribution in [-0.4, -0.2) is 10.5 Å². The topological polar surface area (TPSA) is 51.1 Å². The highest BCUT2D eigenvalue weighted by Crippen LogP contribution is 2.16. The van der Waals surface area contributed by atoms with Gasteiger partial charge < -0.3 is 9.88 Å². The highest BCUT2D eigenvalue weighted by Gasteiger charge is 2.20. The molecule has 4 nitrogen and oxygen atoms in total. The van der Waals surface area contributed by atoms with E-state index in [0.717, 1.165) is 50.0 Å². The van der Waals surface area contributed by atoms with Gasteiger partial charge in [0, 0.05) is 29.7 Å². The van der Waals surface area contributed by atoms with Crippen LogP contribution >= 0.6 is 0 Å². The van der Waals surface area contributed by atoms with E-state index in [0.29, 0.717) is 11.3 Å². The standard InChI is InChI=1S/C21H28N2O2/c1-4-6-13-18-20(21(25)22-17-11-9-8-10-12-17)19(24)15-16(3)23(18)14-7-5-2/h8-12,15H,4-7,13-14H2,1-3H3,(H,22,25). The number of rotatable bonds is 8. The van der Waals surface area contributed by atoms with Gasteiger partial charge in [0.15, 0.2) is 5.43 Å². The summed E-state index contributed by atoms with van der Waals surface area (Å²) in [6.45, 7) is 7.05. The molecule has 0 saturated carbocycles. The summed E-state index contributed by atoms with van der Waals surface area (Å²) in [5.74, 6) is -0.312. The Balaban J connectivity index is 2.46. The molecule has 0 aliphatic rings. The molecule has 0 bridgehead atoms. The van der Waals surface area contributed by atoms with E-state index >= 15 is 0 Å². The van der Waals surface area contributed by atoms with Gasteiger partial charge in [0.1, 0.15) is 5.56 Å². The third kappa shape index (κ3) is 4.81. The number of nitrogens with zero attached hydrogens (tertiary/aromatic N) is 1. The van der Waals surface area contributed by atoms with E-state index < -0.39 is 0 Å². The van der Waals surface area contributed by atoms with E-state index in [1.54, 1.807) is 6.07 Å². The average Bonchev–Trinajstić information content (AvgIpc) is 2.59. The van der Waals surface area contributed by atoms with Crippen LogP contribution in [0.4, 0.5) is 5.69 Å². The molecule has 1 N–H and O–H groups in total. The Bertz CT molecular complexity index is 763. The van der Waals surface area contributed by atoms with Crippen molar-refractivity contribution in [2.45, 2.75) is 59.4 Å². The van der Waals surface area contributed by atoms with Crippen LogP contribution < -0.4 is 10.7 Å². The Labute approximate surface area is 149 Å². The third-order valence-electron chi connectivity index (χ3n) is 4.39. The molecule has 0 atom stereocenters. The van der Waals surface area contributed by atoms with Crippen molar-refractivity contribution in [3.05, 3.63) is 63.6 Å². The monoisotopic (exact) mass is 340 g/mol. The lowest BCUT2D eigenvalue weighted by Crippen LogP contribution is -2.28. The predicted octanol–water partition coefficient (Wildman–Crippen LogP) is 4.55. The van der Waals surface area contributed by atoms with Crippen LogP contribution in [0.1, 0.15) is 61.3 Å². The molecule has 1 heterocycles. The van der Waals surface area contributed by atoms with Gasteiger partial charge in [-0.2, -0.15) is 0 Å². The lowest BCUT2D eigenvalue weighted by molar-refractivity contribution is 0.102. The van der Waals surface area contributed by atoms with Crippen molar-refractivity contribution in [3.63, 3.8) is 0 Å². The fourth-order valence-electron chi connectivity index (χ4n) is 3.02. The number of pyridine rings is 1. The van der Waals surface area contributed by atoms with Crippen LogP contribution in [0.2, 0.25) is 0 Å². The lowest BCUT2D eigenvalue weighted by Gasteiger charge is -2.20. The van der Waals surface area contributed by atoms with Crippen molar-refractivity contribution in [3.8, 4) is 0 Å². The first-order chi connectivity index (χ1) is 12.1. The summed E-state index contributed by atoms with van der Waals surface area (Å²) in [4.78, 5) is 25.4. The highest BCUT2D eigenvalue weighted by molar-refractivity contribution is 6.05. The van der Waals surface area contributed by atoms with Crippen LogP contribution in [0.25, 0.3) is 0 Å². The molecule has 2 aromatic rings. The lowest BCUT2D eigenvalue weighted by atomic mass is 10.0. The molecular weight excluding hydrogens is 312 g/mol. The zero-order chi connectivity index (χ0) is 18.2. The maximum Gasteiger partial charge on any atom is 0.261 e. The van der Waals surface area contributed by atoms with Crippen LogP contribution in [0.3, 0.4) is 0 Å². The second-order valence-corrected chi connectivity index (χ2v) is 6.40. The third-order valence-corrected chi connectivity index (χ3v) is 4.39. The number of hydrogen-bond acceptors (Lipinski definition) is 2. The fourth-order valence-corrected chi connectivity index (χ4v) is 3.02. The second kappa shape index (κ2) is 9.21. The number of amides is 1. The largest absolute Gasteiger partial charge is 0.348 e. The van der Waals surface area contributed by atoms with E-state index in [4.69, 9.17) is 0 Å². The number of anilines is 1. The molecule has 134 valence electrons. The van der Waals surface area contributed by atoms with Gasteiger partial charge in [-0.25, -0.2) is 0 Å². The van der Waals surface area contributed by atoms with Crippen molar-refractivity contribution in [1.29, 1.82) is 0 Å². The van der Waals surface area contributed by atoms with Gasteiger partial charge in [-0.1, -0.05) is 44.9 Å². The van der Waals surface area contributed by atoms with Crippen LogP contribution in [0, 0.1) is 6.92 Å². The number of carbonyl (C=O) groups excluding carboxylic acids is 1. The molecule has 1 aromatic heterocycles. The summed E-state index contributed by atoms with van der Waals surface area (Å²) in [6.07, 6.45) is 4.83. The average molecular weight is 340 g/mol. The van der Waals surface area contributed by atoms with Gasteiger partial charge >= 0.3 is 0 Å². The molecule has 0 aliphatic carbocycles. The second-order valence-electron chi connectivity index (χ2n) is 6.40. The zero-order valence-corrected chi connectivity index (χ0v) is 15.5. The number of unbranched alkanes of at least 4 members (excludes halogenated alkanes) is 2. The highest BCUT2D eigenvalue weighted by atomic mass is 16.2. The quantitative estimate of drug-likeness (QED) is 0.766.